The summed E-state index contributed by atoms with van der Waals surface area (Å²) < 4.78 is 49.8. The van der Waals surface area contributed by atoms with Crippen LogP contribution >= 0.6 is 11.6 Å². The number of carbonyl (C=O) groups is 3. The number of halogens is 2. The number of ether oxygens (including phenoxy) is 1. The van der Waals surface area contributed by atoms with Gasteiger partial charge in [0.2, 0.25) is 5.78 Å². The largest absolute Gasteiger partial charge is 0.450 e. The second-order valence-electron chi connectivity index (χ2n) is 11.4. The van der Waals surface area contributed by atoms with E-state index in [0.29, 0.717) is 6.42 Å². The van der Waals surface area contributed by atoms with E-state index in [1.54, 1.807) is 33.8 Å². The SMILES string of the molecule is CCC(=O)OC1(C(=O)COS(C)(=O)=O)C(C)CC2C3CC(F)C4=CC(=O)C=CC4(C)C3(Cl)C(O)CC21C. The van der Waals surface area contributed by atoms with E-state index in [0.717, 1.165) is 6.26 Å². The van der Waals surface area contributed by atoms with Gasteiger partial charge in [-0.05, 0) is 48.8 Å². The highest BCUT2D eigenvalue weighted by atomic mass is 35.5. The van der Waals surface area contributed by atoms with Gasteiger partial charge in [-0.15, -0.1) is 11.6 Å². The van der Waals surface area contributed by atoms with Crippen molar-refractivity contribution in [1.29, 1.82) is 0 Å². The van der Waals surface area contributed by atoms with Gasteiger partial charge in [0, 0.05) is 23.2 Å². The zero-order chi connectivity index (χ0) is 27.8. The van der Waals surface area contributed by atoms with Crippen molar-refractivity contribution < 1.29 is 41.2 Å². The van der Waals surface area contributed by atoms with Crippen molar-refractivity contribution in [3.8, 4) is 0 Å². The van der Waals surface area contributed by atoms with E-state index in [-0.39, 0.29) is 30.6 Å². The lowest BCUT2D eigenvalue weighted by atomic mass is 9.45. The molecule has 0 aromatic carbocycles. The predicted octanol–water partition coefficient (Wildman–Crippen LogP) is 3.06. The molecule has 4 aliphatic carbocycles. The molecule has 0 aliphatic heterocycles. The molecule has 3 saturated carbocycles. The quantitative estimate of drug-likeness (QED) is 0.299. The van der Waals surface area contributed by atoms with E-state index < -0.39 is 79.8 Å². The van der Waals surface area contributed by atoms with Crippen molar-refractivity contribution in [3.05, 3.63) is 23.8 Å². The summed E-state index contributed by atoms with van der Waals surface area (Å²) in [4.78, 5) is 37.1. The average Bonchev–Trinajstić information content (AvgIpc) is 3.02. The van der Waals surface area contributed by atoms with Crippen LogP contribution in [0.2, 0.25) is 0 Å². The van der Waals surface area contributed by atoms with E-state index in [2.05, 4.69) is 0 Å². The fourth-order valence-electron chi connectivity index (χ4n) is 7.91. The molecule has 0 amide bonds. The summed E-state index contributed by atoms with van der Waals surface area (Å²) in [6.45, 7) is 5.91. The Morgan fingerprint density at radius 2 is 1.89 bits per heavy atom. The zero-order valence-electron chi connectivity index (χ0n) is 21.6. The number of alkyl halides is 2. The van der Waals surface area contributed by atoms with Crippen molar-refractivity contribution in [2.45, 2.75) is 76.1 Å². The van der Waals surface area contributed by atoms with E-state index in [1.165, 1.54) is 12.2 Å². The van der Waals surface area contributed by atoms with E-state index in [1.807, 2.05) is 0 Å². The van der Waals surface area contributed by atoms with E-state index >= 15 is 4.39 Å². The molecule has 9 unspecified atom stereocenters. The Balaban J connectivity index is 1.85. The number of esters is 1. The fraction of sp³-hybridized carbons (Fsp3) is 0.731. The molecule has 206 valence electrons. The summed E-state index contributed by atoms with van der Waals surface area (Å²) in [6.07, 6.45) is 2.35. The normalized spacial score (nSPS) is 44.9. The molecule has 8 nitrogen and oxygen atoms in total. The first-order chi connectivity index (χ1) is 17.0. The Bertz CT molecular complexity index is 1200. The molecule has 1 N–H and O–H groups in total. The zero-order valence-corrected chi connectivity index (χ0v) is 23.2. The lowest BCUT2D eigenvalue weighted by Gasteiger charge is -2.64. The third-order valence-corrected chi connectivity index (χ3v) is 11.0. The Morgan fingerprint density at radius 1 is 1.24 bits per heavy atom. The smallest absolute Gasteiger partial charge is 0.306 e. The Hall–Kier alpha value is -1.62. The highest BCUT2D eigenvalue weighted by Crippen LogP contribution is 2.72. The Labute approximate surface area is 221 Å². The summed E-state index contributed by atoms with van der Waals surface area (Å²) in [5.41, 5.74) is -3.94. The molecule has 11 heteroatoms. The first-order valence-corrected chi connectivity index (χ1v) is 14.7. The molecule has 4 rings (SSSR count). The topological polar surface area (TPSA) is 124 Å². The molecular weight excluding hydrogens is 527 g/mol. The minimum Gasteiger partial charge on any atom is -0.450 e. The first kappa shape index (κ1) is 28.4. The molecule has 0 bridgehead atoms. The van der Waals surface area contributed by atoms with Crippen LogP contribution in [-0.4, -0.2) is 66.7 Å². The van der Waals surface area contributed by atoms with Crippen LogP contribution in [-0.2, 0) is 33.4 Å². The maximum absolute atomic E-state index is 15.7. The third-order valence-electron chi connectivity index (χ3n) is 9.55. The molecule has 0 radical (unpaired) electrons. The maximum Gasteiger partial charge on any atom is 0.306 e. The van der Waals surface area contributed by atoms with Gasteiger partial charge in [-0.25, -0.2) is 4.39 Å². The summed E-state index contributed by atoms with van der Waals surface area (Å²) in [5, 5.41) is 11.7. The molecule has 0 heterocycles. The number of hydrogen-bond acceptors (Lipinski definition) is 8. The minimum atomic E-state index is -3.97. The van der Waals surface area contributed by atoms with Crippen LogP contribution in [0.1, 0.15) is 53.4 Å². The molecule has 4 aliphatic rings. The Morgan fingerprint density at radius 3 is 2.49 bits per heavy atom. The van der Waals surface area contributed by atoms with Crippen LogP contribution < -0.4 is 0 Å². The minimum absolute atomic E-state index is 0.0293. The summed E-state index contributed by atoms with van der Waals surface area (Å²) in [7, 11) is -3.97. The number of Topliss-reactive ketones (excluding diaryl/α,β-unsaturated/α-hetero) is 1. The van der Waals surface area contributed by atoms with Crippen LogP contribution in [0.5, 0.6) is 0 Å². The molecule has 9 atom stereocenters. The van der Waals surface area contributed by atoms with Crippen LogP contribution in [0.15, 0.2) is 23.8 Å². The second-order valence-corrected chi connectivity index (χ2v) is 13.7. The number of aliphatic hydroxyl groups is 1. The number of carbonyl (C=O) groups excluding carboxylic acids is 3. The van der Waals surface area contributed by atoms with E-state index in [4.69, 9.17) is 20.5 Å². The van der Waals surface area contributed by atoms with Crippen molar-refractivity contribution in [3.63, 3.8) is 0 Å². The van der Waals surface area contributed by atoms with Gasteiger partial charge in [-0.2, -0.15) is 8.42 Å². The van der Waals surface area contributed by atoms with Crippen molar-refractivity contribution in [1.82, 2.24) is 0 Å². The molecule has 0 saturated heterocycles. The number of fused-ring (bicyclic) bond motifs is 5. The molecule has 3 fully saturated rings. The van der Waals surface area contributed by atoms with Crippen LogP contribution in [0.25, 0.3) is 0 Å². The molecule has 37 heavy (non-hydrogen) atoms. The van der Waals surface area contributed by atoms with E-state index in [9.17, 15) is 27.9 Å². The standard InChI is InChI=1S/C26H34ClFO8S/c1-6-22(32)36-26(21(31)13-35-37(5,33)34)14(2)9-16-17-11-19(28)18-10-15(29)7-8-23(18,3)25(17,27)20(30)12-24(16,26)4/h7-8,10,14,16-17,19-20,30H,6,9,11-13H2,1-5H3. The van der Waals surface area contributed by atoms with Gasteiger partial charge >= 0.3 is 5.97 Å². The van der Waals surface area contributed by atoms with Gasteiger partial charge in [0.05, 0.1) is 17.2 Å². The highest BCUT2D eigenvalue weighted by molar-refractivity contribution is 7.86. The fourth-order valence-corrected chi connectivity index (χ4v) is 8.72. The molecular formula is C26H34ClFO8S. The monoisotopic (exact) mass is 560 g/mol. The number of aliphatic hydroxyl groups excluding tert-OH is 1. The molecule has 0 aromatic heterocycles. The maximum atomic E-state index is 15.7. The molecule has 0 spiro atoms. The van der Waals surface area contributed by atoms with Gasteiger partial charge in [0.25, 0.3) is 10.1 Å². The van der Waals surface area contributed by atoms with Gasteiger partial charge in [-0.3, -0.25) is 18.6 Å². The number of hydrogen-bond donors (Lipinski definition) is 1. The first-order valence-electron chi connectivity index (χ1n) is 12.5. The predicted molar refractivity (Wildman–Crippen MR) is 133 cm³/mol. The van der Waals surface area contributed by atoms with Gasteiger partial charge in [0.15, 0.2) is 11.4 Å². The van der Waals surface area contributed by atoms with Crippen LogP contribution in [0, 0.1) is 28.6 Å². The van der Waals surface area contributed by atoms with Gasteiger partial charge in [0.1, 0.15) is 12.8 Å². The van der Waals surface area contributed by atoms with Gasteiger partial charge in [-0.1, -0.05) is 33.8 Å². The summed E-state index contributed by atoms with van der Waals surface area (Å²) in [5.74, 6) is -3.43. The van der Waals surface area contributed by atoms with Crippen LogP contribution in [0.3, 0.4) is 0 Å². The Kier molecular flexibility index (Phi) is 6.88. The molecule has 0 aromatic rings. The van der Waals surface area contributed by atoms with Crippen molar-refractivity contribution in [2.75, 3.05) is 12.9 Å². The lowest BCUT2D eigenvalue weighted by molar-refractivity contribution is -0.203. The van der Waals surface area contributed by atoms with Crippen molar-refractivity contribution in [2.24, 2.45) is 28.6 Å². The van der Waals surface area contributed by atoms with Crippen molar-refractivity contribution >= 4 is 39.3 Å². The number of ketones is 2. The average molecular weight is 561 g/mol. The third kappa shape index (κ3) is 3.88. The summed E-state index contributed by atoms with van der Waals surface area (Å²) >= 11 is 7.34. The lowest BCUT2D eigenvalue weighted by Crippen LogP contribution is -2.70. The van der Waals surface area contributed by atoms with Gasteiger partial charge < -0.3 is 9.84 Å². The highest BCUT2D eigenvalue weighted by Gasteiger charge is 2.77. The van der Waals surface area contributed by atoms with Crippen LogP contribution in [0.4, 0.5) is 4.39 Å². The number of allylic oxidation sites excluding steroid dienone is 4. The second kappa shape index (κ2) is 8.96. The summed E-state index contributed by atoms with van der Waals surface area (Å²) in [6, 6.07) is 0. The number of rotatable bonds is 6.